The van der Waals surface area contributed by atoms with Crippen LogP contribution in [-0.2, 0) is 0 Å². The van der Waals surface area contributed by atoms with E-state index in [0.29, 0.717) is 33.0 Å². The molecule has 6 heteroatoms. The molecular formula is C14H15BrO5. The quantitative estimate of drug-likeness (QED) is 0.904. The molecule has 0 saturated heterocycles. The molecule has 1 aromatic heterocycles. The third-order valence-electron chi connectivity index (χ3n) is 2.97. The highest BCUT2D eigenvalue weighted by Gasteiger charge is 2.24. The molecule has 1 heterocycles. The summed E-state index contributed by atoms with van der Waals surface area (Å²) in [5.74, 6) is 1.39. The molecule has 2 rings (SSSR count). The molecule has 108 valence electrons. The monoisotopic (exact) mass is 342 g/mol. The summed E-state index contributed by atoms with van der Waals surface area (Å²) in [6.07, 6.45) is 0.591. The number of aliphatic hydroxyl groups is 1. The highest BCUT2D eigenvalue weighted by Crippen LogP contribution is 2.44. The zero-order valence-electron chi connectivity index (χ0n) is 11.3. The average molecular weight is 343 g/mol. The van der Waals surface area contributed by atoms with Crippen LogP contribution in [0.25, 0.3) is 0 Å². The molecule has 5 nitrogen and oxygen atoms in total. The molecule has 20 heavy (non-hydrogen) atoms. The molecule has 0 aliphatic carbocycles. The Morgan fingerprint density at radius 2 is 1.70 bits per heavy atom. The summed E-state index contributed by atoms with van der Waals surface area (Å²) in [5, 5.41) is 10.5. The van der Waals surface area contributed by atoms with Gasteiger partial charge in [-0.25, -0.2) is 0 Å². The van der Waals surface area contributed by atoms with Crippen molar-refractivity contribution in [3.63, 3.8) is 0 Å². The Balaban J connectivity index is 2.54. The van der Waals surface area contributed by atoms with Crippen LogP contribution < -0.4 is 14.2 Å². The van der Waals surface area contributed by atoms with E-state index < -0.39 is 6.10 Å². The highest BCUT2D eigenvalue weighted by atomic mass is 79.9. The fourth-order valence-electron chi connectivity index (χ4n) is 2.01. The van der Waals surface area contributed by atoms with Gasteiger partial charge in [0.1, 0.15) is 6.10 Å². The van der Waals surface area contributed by atoms with E-state index in [9.17, 15) is 5.11 Å². The van der Waals surface area contributed by atoms with Crippen molar-refractivity contribution in [2.75, 3.05) is 21.3 Å². The zero-order chi connectivity index (χ0) is 14.7. The lowest BCUT2D eigenvalue weighted by Crippen LogP contribution is -2.04. The Labute approximate surface area is 125 Å². The van der Waals surface area contributed by atoms with Crippen LogP contribution in [0.2, 0.25) is 0 Å². The Morgan fingerprint density at radius 3 is 2.20 bits per heavy atom. The molecule has 0 fully saturated rings. The maximum Gasteiger partial charge on any atom is 0.203 e. The molecule has 0 bridgehead atoms. The molecular weight excluding hydrogens is 328 g/mol. The molecule has 0 aliphatic rings. The Morgan fingerprint density at radius 1 is 1.00 bits per heavy atom. The second kappa shape index (κ2) is 6.19. The number of hydrogen-bond acceptors (Lipinski definition) is 5. The predicted molar refractivity (Wildman–Crippen MR) is 76.6 cm³/mol. The summed E-state index contributed by atoms with van der Waals surface area (Å²) in [5.41, 5.74) is 1.17. The second-order valence-electron chi connectivity index (χ2n) is 3.98. The maximum atomic E-state index is 10.5. The molecule has 1 aromatic carbocycles. The molecule has 1 N–H and O–H groups in total. The molecule has 0 spiro atoms. The van der Waals surface area contributed by atoms with Gasteiger partial charge in [-0.1, -0.05) is 0 Å². The van der Waals surface area contributed by atoms with Gasteiger partial charge in [-0.15, -0.1) is 0 Å². The second-order valence-corrected chi connectivity index (χ2v) is 4.70. The van der Waals surface area contributed by atoms with Crippen LogP contribution >= 0.6 is 15.9 Å². The van der Waals surface area contributed by atoms with Gasteiger partial charge in [0.25, 0.3) is 0 Å². The van der Waals surface area contributed by atoms with Crippen LogP contribution in [0.1, 0.15) is 17.2 Å². The van der Waals surface area contributed by atoms with E-state index in [1.165, 1.54) is 20.5 Å². The van der Waals surface area contributed by atoms with Crippen molar-refractivity contribution in [2.45, 2.75) is 6.10 Å². The maximum absolute atomic E-state index is 10.5. The predicted octanol–water partition coefficient (Wildman–Crippen LogP) is 3.15. The van der Waals surface area contributed by atoms with E-state index in [1.807, 2.05) is 0 Å². The van der Waals surface area contributed by atoms with Gasteiger partial charge >= 0.3 is 0 Å². The van der Waals surface area contributed by atoms with Gasteiger partial charge in [0.15, 0.2) is 16.2 Å². The number of rotatable bonds is 5. The van der Waals surface area contributed by atoms with Crippen molar-refractivity contribution < 1.29 is 23.7 Å². The lowest BCUT2D eigenvalue weighted by atomic mass is 10.0. The van der Waals surface area contributed by atoms with Crippen LogP contribution in [0.3, 0.4) is 0 Å². The van der Waals surface area contributed by atoms with Crippen LogP contribution in [0, 0.1) is 0 Å². The lowest BCUT2D eigenvalue weighted by Gasteiger charge is -2.18. The Bertz CT molecular complexity index is 593. The van der Waals surface area contributed by atoms with Crippen LogP contribution in [0.5, 0.6) is 17.2 Å². The average Bonchev–Trinajstić information content (AvgIpc) is 2.90. The van der Waals surface area contributed by atoms with E-state index in [4.69, 9.17) is 18.6 Å². The van der Waals surface area contributed by atoms with Gasteiger partial charge < -0.3 is 23.7 Å². The highest BCUT2D eigenvalue weighted by molar-refractivity contribution is 9.10. The minimum Gasteiger partial charge on any atom is -0.493 e. The molecule has 2 aromatic rings. The molecule has 0 aliphatic heterocycles. The van der Waals surface area contributed by atoms with Crippen molar-refractivity contribution in [3.05, 3.63) is 40.3 Å². The summed E-state index contributed by atoms with van der Waals surface area (Å²) in [7, 11) is 4.57. The molecule has 1 unspecified atom stereocenters. The summed E-state index contributed by atoms with van der Waals surface area (Å²) in [4.78, 5) is 0. The summed E-state index contributed by atoms with van der Waals surface area (Å²) in [6, 6.07) is 5.13. The third-order valence-corrected chi connectivity index (χ3v) is 3.61. The van der Waals surface area contributed by atoms with Crippen molar-refractivity contribution in [3.8, 4) is 17.2 Å². The number of benzene rings is 1. The summed E-state index contributed by atoms with van der Waals surface area (Å²) >= 11 is 3.25. The normalized spacial score (nSPS) is 12.1. The van der Waals surface area contributed by atoms with Gasteiger partial charge in [0.05, 0.1) is 27.6 Å². The van der Waals surface area contributed by atoms with Crippen LogP contribution in [0.15, 0.2) is 33.5 Å². The number of halogens is 1. The first kappa shape index (κ1) is 14.7. The van der Waals surface area contributed by atoms with Crippen molar-refractivity contribution >= 4 is 15.9 Å². The SMILES string of the molecule is COc1ccc(C(O)c2ccoc2Br)c(OC)c1OC. The summed E-state index contributed by atoms with van der Waals surface area (Å²) < 4.78 is 21.5. The third kappa shape index (κ3) is 2.48. The molecule has 0 amide bonds. The van der Waals surface area contributed by atoms with E-state index in [2.05, 4.69) is 15.9 Å². The number of ether oxygens (including phenoxy) is 3. The Kier molecular flexibility index (Phi) is 4.57. The van der Waals surface area contributed by atoms with Gasteiger partial charge in [0, 0.05) is 11.1 Å². The van der Waals surface area contributed by atoms with Crippen LogP contribution in [0.4, 0.5) is 0 Å². The van der Waals surface area contributed by atoms with Gasteiger partial charge in [-0.2, -0.15) is 0 Å². The van der Waals surface area contributed by atoms with E-state index in [-0.39, 0.29) is 0 Å². The minimum atomic E-state index is -0.905. The Hall–Kier alpha value is -1.66. The van der Waals surface area contributed by atoms with Gasteiger partial charge in [0.2, 0.25) is 5.75 Å². The van der Waals surface area contributed by atoms with E-state index in [0.717, 1.165) is 0 Å². The number of aliphatic hydroxyl groups excluding tert-OH is 1. The number of hydrogen-bond donors (Lipinski definition) is 1. The number of methoxy groups -OCH3 is 3. The van der Waals surface area contributed by atoms with Crippen molar-refractivity contribution in [1.82, 2.24) is 0 Å². The topological polar surface area (TPSA) is 61.1 Å². The first-order chi connectivity index (χ1) is 9.63. The molecule has 0 radical (unpaired) electrons. The first-order valence-electron chi connectivity index (χ1n) is 5.83. The fourth-order valence-corrected chi connectivity index (χ4v) is 2.46. The summed E-state index contributed by atoms with van der Waals surface area (Å²) in [6.45, 7) is 0. The molecule has 1 atom stereocenters. The van der Waals surface area contributed by atoms with Crippen molar-refractivity contribution in [2.24, 2.45) is 0 Å². The lowest BCUT2D eigenvalue weighted by molar-refractivity contribution is 0.210. The smallest absolute Gasteiger partial charge is 0.203 e. The standard InChI is InChI=1S/C14H15BrO5/c1-17-10-5-4-8(12(18-2)13(10)19-3)11(16)9-6-7-20-14(9)15/h4-7,11,16H,1-3H3. The first-order valence-corrected chi connectivity index (χ1v) is 6.63. The molecule has 0 saturated carbocycles. The largest absolute Gasteiger partial charge is 0.493 e. The van der Waals surface area contributed by atoms with Gasteiger partial charge in [-0.05, 0) is 34.1 Å². The van der Waals surface area contributed by atoms with Crippen molar-refractivity contribution in [1.29, 1.82) is 0 Å². The number of furan rings is 1. The minimum absolute atomic E-state index is 0.424. The zero-order valence-corrected chi connectivity index (χ0v) is 12.9. The van der Waals surface area contributed by atoms with Gasteiger partial charge in [-0.3, -0.25) is 0 Å². The van der Waals surface area contributed by atoms with E-state index >= 15 is 0 Å². The van der Waals surface area contributed by atoms with E-state index in [1.54, 1.807) is 25.3 Å². The fraction of sp³-hybridized carbons (Fsp3) is 0.286. The van der Waals surface area contributed by atoms with Crippen LogP contribution in [-0.4, -0.2) is 26.4 Å².